The molecule has 1 aromatic carbocycles. The summed E-state index contributed by atoms with van der Waals surface area (Å²) in [5.41, 5.74) is 1.73. The van der Waals surface area contributed by atoms with E-state index in [4.69, 9.17) is 9.47 Å². The van der Waals surface area contributed by atoms with Gasteiger partial charge in [-0.2, -0.15) is 0 Å². The number of carbonyl (C=O) groups is 1. The van der Waals surface area contributed by atoms with Gasteiger partial charge in [-0.1, -0.05) is 12.1 Å². The maximum Gasteiger partial charge on any atom is 0.325 e. The highest BCUT2D eigenvalue weighted by Crippen LogP contribution is 2.14. The molecule has 2 rings (SSSR count). The fraction of sp³-hybridized carbons (Fsp3) is 0.588. The van der Waals surface area contributed by atoms with Crippen LogP contribution >= 0.6 is 0 Å². The van der Waals surface area contributed by atoms with Crippen LogP contribution in [0.2, 0.25) is 0 Å². The van der Waals surface area contributed by atoms with Crippen molar-refractivity contribution in [1.82, 2.24) is 4.90 Å². The highest BCUT2D eigenvalue weighted by atomic mass is 16.6. The standard InChI is InChI=1S/C17H26N2O3/c1-17(2,3)22-16(20)12-18-15-6-4-5-14(11-15)13-19-7-9-21-10-8-19/h4-6,11,18H,7-10,12-13H2,1-3H3. The quantitative estimate of drug-likeness (QED) is 0.846. The van der Waals surface area contributed by atoms with Gasteiger partial charge in [-0.25, -0.2) is 0 Å². The Bertz CT molecular complexity index is 491. The van der Waals surface area contributed by atoms with E-state index >= 15 is 0 Å². The van der Waals surface area contributed by atoms with E-state index in [1.54, 1.807) is 0 Å². The van der Waals surface area contributed by atoms with Gasteiger partial charge in [0.25, 0.3) is 0 Å². The zero-order chi connectivity index (χ0) is 16.0. The van der Waals surface area contributed by atoms with Crippen LogP contribution in [-0.2, 0) is 20.8 Å². The number of hydrogen-bond acceptors (Lipinski definition) is 5. The van der Waals surface area contributed by atoms with Crippen LogP contribution in [0.3, 0.4) is 0 Å². The minimum atomic E-state index is -0.447. The Morgan fingerprint density at radius 1 is 1.32 bits per heavy atom. The Balaban J connectivity index is 1.84. The van der Waals surface area contributed by atoms with E-state index < -0.39 is 5.60 Å². The molecule has 0 bridgehead atoms. The number of esters is 1. The number of anilines is 1. The third kappa shape index (κ3) is 6.03. The molecule has 0 spiro atoms. The van der Waals surface area contributed by atoms with Crippen molar-refractivity contribution in [3.05, 3.63) is 29.8 Å². The summed E-state index contributed by atoms with van der Waals surface area (Å²) < 4.78 is 10.6. The second kappa shape index (κ2) is 7.61. The first-order chi connectivity index (χ1) is 10.4. The van der Waals surface area contributed by atoms with Crippen molar-refractivity contribution in [1.29, 1.82) is 0 Å². The van der Waals surface area contributed by atoms with Crippen LogP contribution < -0.4 is 5.32 Å². The molecule has 0 amide bonds. The number of carbonyl (C=O) groups excluding carboxylic acids is 1. The topological polar surface area (TPSA) is 50.8 Å². The van der Waals surface area contributed by atoms with Crippen molar-refractivity contribution in [2.24, 2.45) is 0 Å². The van der Waals surface area contributed by atoms with Gasteiger partial charge in [0.1, 0.15) is 12.1 Å². The Morgan fingerprint density at radius 3 is 2.73 bits per heavy atom. The highest BCUT2D eigenvalue weighted by Gasteiger charge is 2.16. The molecule has 0 radical (unpaired) electrons. The van der Waals surface area contributed by atoms with Gasteiger partial charge in [-0.3, -0.25) is 9.69 Å². The zero-order valence-electron chi connectivity index (χ0n) is 13.7. The van der Waals surface area contributed by atoms with E-state index in [2.05, 4.69) is 22.3 Å². The molecular weight excluding hydrogens is 280 g/mol. The van der Waals surface area contributed by atoms with Gasteiger partial charge in [0, 0.05) is 25.3 Å². The molecule has 22 heavy (non-hydrogen) atoms. The van der Waals surface area contributed by atoms with Crippen molar-refractivity contribution >= 4 is 11.7 Å². The highest BCUT2D eigenvalue weighted by molar-refractivity contribution is 5.75. The molecule has 1 N–H and O–H groups in total. The summed E-state index contributed by atoms with van der Waals surface area (Å²) in [6.07, 6.45) is 0. The van der Waals surface area contributed by atoms with E-state index in [-0.39, 0.29) is 12.5 Å². The Hall–Kier alpha value is -1.59. The molecule has 0 unspecified atom stereocenters. The minimum Gasteiger partial charge on any atom is -0.459 e. The van der Waals surface area contributed by atoms with E-state index in [9.17, 15) is 4.79 Å². The van der Waals surface area contributed by atoms with Crippen LogP contribution in [0.5, 0.6) is 0 Å². The monoisotopic (exact) mass is 306 g/mol. The molecule has 1 fully saturated rings. The summed E-state index contributed by atoms with van der Waals surface area (Å²) in [6, 6.07) is 8.16. The number of hydrogen-bond donors (Lipinski definition) is 1. The summed E-state index contributed by atoms with van der Waals surface area (Å²) in [5, 5.41) is 3.13. The van der Waals surface area contributed by atoms with Crippen LogP contribution in [0.4, 0.5) is 5.69 Å². The maximum absolute atomic E-state index is 11.7. The maximum atomic E-state index is 11.7. The lowest BCUT2D eigenvalue weighted by Crippen LogP contribution is -2.35. The number of ether oxygens (including phenoxy) is 2. The van der Waals surface area contributed by atoms with Gasteiger partial charge in [-0.15, -0.1) is 0 Å². The van der Waals surface area contributed by atoms with Crippen molar-refractivity contribution in [2.45, 2.75) is 32.9 Å². The van der Waals surface area contributed by atoms with Crippen molar-refractivity contribution in [2.75, 3.05) is 38.2 Å². The third-order valence-electron chi connectivity index (χ3n) is 3.29. The number of benzene rings is 1. The fourth-order valence-electron chi connectivity index (χ4n) is 2.35. The third-order valence-corrected chi connectivity index (χ3v) is 3.29. The molecule has 5 heteroatoms. The molecule has 1 aliphatic rings. The SMILES string of the molecule is CC(C)(C)OC(=O)CNc1cccc(CN2CCOCC2)c1. The van der Waals surface area contributed by atoms with Gasteiger partial charge < -0.3 is 14.8 Å². The average molecular weight is 306 g/mol. The van der Waals surface area contributed by atoms with Crippen molar-refractivity contribution in [3.8, 4) is 0 Å². The lowest BCUT2D eigenvalue weighted by atomic mass is 10.2. The predicted octanol–water partition coefficient (Wildman–Crippen LogP) is 2.27. The summed E-state index contributed by atoms with van der Waals surface area (Å²) in [7, 11) is 0. The smallest absolute Gasteiger partial charge is 0.325 e. The van der Waals surface area contributed by atoms with Crippen LogP contribution in [0.25, 0.3) is 0 Å². The molecule has 0 aliphatic carbocycles. The first-order valence-electron chi connectivity index (χ1n) is 7.77. The largest absolute Gasteiger partial charge is 0.459 e. The number of morpholine rings is 1. The number of nitrogens with one attached hydrogen (secondary N) is 1. The number of nitrogens with zero attached hydrogens (tertiary/aromatic N) is 1. The average Bonchev–Trinajstić information content (AvgIpc) is 2.45. The lowest BCUT2D eigenvalue weighted by Gasteiger charge is -2.26. The second-order valence-electron chi connectivity index (χ2n) is 6.53. The minimum absolute atomic E-state index is 0.179. The molecule has 1 aromatic rings. The molecule has 5 nitrogen and oxygen atoms in total. The first kappa shape index (κ1) is 16.8. The lowest BCUT2D eigenvalue weighted by molar-refractivity contribution is -0.152. The molecule has 1 heterocycles. The van der Waals surface area contributed by atoms with E-state index in [0.29, 0.717) is 0 Å². The summed E-state index contributed by atoms with van der Waals surface area (Å²) in [4.78, 5) is 14.1. The normalized spacial score (nSPS) is 16.3. The van der Waals surface area contributed by atoms with E-state index in [1.807, 2.05) is 32.9 Å². The van der Waals surface area contributed by atoms with Gasteiger partial charge in [-0.05, 0) is 38.5 Å². The number of rotatable bonds is 5. The predicted molar refractivity (Wildman–Crippen MR) is 86.9 cm³/mol. The molecule has 0 saturated carbocycles. The van der Waals surface area contributed by atoms with Crippen LogP contribution in [0, 0.1) is 0 Å². The van der Waals surface area contributed by atoms with Crippen LogP contribution in [-0.4, -0.2) is 49.3 Å². The summed E-state index contributed by atoms with van der Waals surface area (Å²) in [5.74, 6) is -0.244. The summed E-state index contributed by atoms with van der Waals surface area (Å²) >= 11 is 0. The van der Waals surface area contributed by atoms with Crippen LogP contribution in [0.15, 0.2) is 24.3 Å². The Labute approximate surface area is 132 Å². The Kier molecular flexibility index (Phi) is 5.80. The molecule has 122 valence electrons. The van der Waals surface area contributed by atoms with Crippen molar-refractivity contribution < 1.29 is 14.3 Å². The molecule has 0 aromatic heterocycles. The first-order valence-corrected chi connectivity index (χ1v) is 7.77. The zero-order valence-corrected chi connectivity index (χ0v) is 13.7. The van der Waals surface area contributed by atoms with Gasteiger partial charge in [0.05, 0.1) is 13.2 Å². The van der Waals surface area contributed by atoms with Gasteiger partial charge >= 0.3 is 5.97 Å². The fourth-order valence-corrected chi connectivity index (χ4v) is 2.35. The van der Waals surface area contributed by atoms with E-state index in [0.717, 1.165) is 38.5 Å². The molecule has 1 aliphatic heterocycles. The molecule has 1 saturated heterocycles. The van der Waals surface area contributed by atoms with Gasteiger partial charge in [0.2, 0.25) is 0 Å². The molecule has 0 atom stereocenters. The van der Waals surface area contributed by atoms with Crippen LogP contribution in [0.1, 0.15) is 26.3 Å². The molecular formula is C17H26N2O3. The van der Waals surface area contributed by atoms with E-state index in [1.165, 1.54) is 5.56 Å². The second-order valence-corrected chi connectivity index (χ2v) is 6.53. The van der Waals surface area contributed by atoms with Gasteiger partial charge in [0.15, 0.2) is 0 Å². The summed E-state index contributed by atoms with van der Waals surface area (Å²) in [6.45, 7) is 10.2. The van der Waals surface area contributed by atoms with Crippen molar-refractivity contribution in [3.63, 3.8) is 0 Å². The Morgan fingerprint density at radius 2 is 2.05 bits per heavy atom.